The van der Waals surface area contributed by atoms with Gasteiger partial charge in [0.15, 0.2) is 11.6 Å². The third kappa shape index (κ3) is 4.36. The van der Waals surface area contributed by atoms with E-state index >= 15 is 0 Å². The van der Waals surface area contributed by atoms with Crippen LogP contribution < -0.4 is 15.5 Å². The number of hydrogen-bond donors (Lipinski definition) is 2. The van der Waals surface area contributed by atoms with Gasteiger partial charge in [0.25, 0.3) is 5.91 Å². The molecule has 144 valence electrons. The smallest absolute Gasteiger partial charge is 0.278 e. The highest BCUT2D eigenvalue weighted by Crippen LogP contribution is 2.37. The molecule has 3 aromatic rings. The molecule has 0 aliphatic heterocycles. The summed E-state index contributed by atoms with van der Waals surface area (Å²) in [6.45, 7) is 1.99. The lowest BCUT2D eigenvalue weighted by atomic mass is 10.1. The lowest BCUT2D eigenvalue weighted by Gasteiger charge is -2.16. The van der Waals surface area contributed by atoms with Crippen LogP contribution in [0.15, 0.2) is 48.9 Å². The van der Waals surface area contributed by atoms with E-state index in [4.69, 9.17) is 25.3 Å². The molecule has 0 fully saturated rings. The molecule has 28 heavy (non-hydrogen) atoms. The first-order valence-corrected chi connectivity index (χ1v) is 8.60. The number of ether oxygens (including phenoxy) is 1. The van der Waals surface area contributed by atoms with Gasteiger partial charge in [-0.05, 0) is 31.2 Å². The van der Waals surface area contributed by atoms with Gasteiger partial charge in [0, 0.05) is 18.6 Å². The predicted octanol–water partition coefficient (Wildman–Crippen LogP) is 3.63. The second-order valence-corrected chi connectivity index (χ2v) is 5.79. The van der Waals surface area contributed by atoms with Gasteiger partial charge >= 0.3 is 0 Å². The summed E-state index contributed by atoms with van der Waals surface area (Å²) < 4.78 is 27.9. The molecule has 0 radical (unpaired) electrons. The van der Waals surface area contributed by atoms with E-state index in [-0.39, 0.29) is 40.3 Å². The molecule has 3 rings (SSSR count). The molecular formula is C19H18ClN5O3. The third-order valence-electron chi connectivity index (χ3n) is 3.62. The van der Waals surface area contributed by atoms with E-state index in [2.05, 4.69) is 25.7 Å². The van der Waals surface area contributed by atoms with Crippen LogP contribution in [0.5, 0.6) is 5.75 Å². The summed E-state index contributed by atoms with van der Waals surface area (Å²) in [6.07, 6.45) is 4.33. The molecule has 0 bridgehead atoms. The van der Waals surface area contributed by atoms with Crippen molar-refractivity contribution in [3.05, 3.63) is 59.6 Å². The summed E-state index contributed by atoms with van der Waals surface area (Å²) >= 11 is 6.01. The maximum atomic E-state index is 12.4. The van der Waals surface area contributed by atoms with Gasteiger partial charge in [-0.3, -0.25) is 9.63 Å². The average Bonchev–Trinajstić information content (AvgIpc) is 2.73. The summed E-state index contributed by atoms with van der Waals surface area (Å²) in [5, 5.41) is 3.12. The zero-order valence-electron chi connectivity index (χ0n) is 17.8. The number of pyridine rings is 1. The van der Waals surface area contributed by atoms with Gasteiger partial charge in [-0.2, -0.15) is 0 Å². The van der Waals surface area contributed by atoms with Crippen LogP contribution in [0.3, 0.4) is 0 Å². The maximum absolute atomic E-state index is 12.4. The number of benzene rings is 1. The van der Waals surface area contributed by atoms with Gasteiger partial charge < -0.3 is 10.1 Å². The third-order valence-corrected chi connectivity index (χ3v) is 3.82. The lowest BCUT2D eigenvalue weighted by molar-refractivity contribution is 0.0365. The molecule has 0 aliphatic carbocycles. The van der Waals surface area contributed by atoms with Crippen LogP contribution in [0.2, 0.25) is 5.15 Å². The Morgan fingerprint density at radius 1 is 1.21 bits per heavy atom. The predicted molar refractivity (Wildman–Crippen MR) is 106 cm³/mol. The Morgan fingerprint density at radius 2 is 2.04 bits per heavy atom. The summed E-state index contributed by atoms with van der Waals surface area (Å²) in [5.41, 5.74) is 3.28. The summed E-state index contributed by atoms with van der Waals surface area (Å²) in [4.78, 5) is 29.6. The van der Waals surface area contributed by atoms with E-state index < -0.39 is 12.9 Å². The second-order valence-electron chi connectivity index (χ2n) is 5.40. The van der Waals surface area contributed by atoms with Gasteiger partial charge in [0.2, 0.25) is 0 Å². The minimum Gasteiger partial charge on any atom is -0.494 e. The minimum absolute atomic E-state index is 0.0159. The van der Waals surface area contributed by atoms with Crippen LogP contribution in [0.4, 0.5) is 11.4 Å². The molecule has 0 atom stereocenters. The number of amides is 1. The Morgan fingerprint density at radius 3 is 2.79 bits per heavy atom. The largest absolute Gasteiger partial charge is 0.494 e. The Balaban J connectivity index is 2.08. The van der Waals surface area contributed by atoms with Crippen LogP contribution in [0.25, 0.3) is 11.4 Å². The van der Waals surface area contributed by atoms with Crippen molar-refractivity contribution in [1.29, 1.82) is 0 Å². The van der Waals surface area contributed by atoms with Crippen molar-refractivity contribution in [3.63, 3.8) is 0 Å². The molecule has 2 N–H and O–H groups in total. The SMILES string of the molecule is [2H]C([2H])([2H])Oc1c(Nc2cc(Cl)ncc2C(=O)NOCC)cccc1-c1ncccn1. The quantitative estimate of drug-likeness (QED) is 0.460. The molecule has 1 aromatic carbocycles. The van der Waals surface area contributed by atoms with Gasteiger partial charge in [0.05, 0.1) is 40.3 Å². The highest BCUT2D eigenvalue weighted by Gasteiger charge is 2.17. The van der Waals surface area contributed by atoms with Crippen molar-refractivity contribution in [2.24, 2.45) is 0 Å². The number of aromatic nitrogens is 3. The lowest BCUT2D eigenvalue weighted by Crippen LogP contribution is -2.24. The number of hydrogen-bond acceptors (Lipinski definition) is 7. The monoisotopic (exact) mass is 402 g/mol. The number of hydroxylamine groups is 1. The molecule has 2 aromatic heterocycles. The van der Waals surface area contributed by atoms with Gasteiger partial charge in [-0.15, -0.1) is 0 Å². The fraction of sp³-hybridized carbons (Fsp3) is 0.158. The van der Waals surface area contributed by atoms with Crippen LogP contribution in [-0.4, -0.2) is 34.5 Å². The van der Waals surface area contributed by atoms with Crippen molar-refractivity contribution < 1.29 is 18.5 Å². The highest BCUT2D eigenvalue weighted by molar-refractivity contribution is 6.29. The summed E-state index contributed by atoms with van der Waals surface area (Å²) in [6, 6.07) is 7.95. The van der Waals surface area contributed by atoms with E-state index in [1.165, 1.54) is 24.7 Å². The number of nitrogens with zero attached hydrogens (tertiary/aromatic N) is 3. The molecule has 8 nitrogen and oxygen atoms in total. The van der Waals surface area contributed by atoms with Crippen molar-refractivity contribution in [3.8, 4) is 17.1 Å². The molecule has 2 heterocycles. The Labute approximate surface area is 171 Å². The fourth-order valence-corrected chi connectivity index (χ4v) is 2.57. The first kappa shape index (κ1) is 15.8. The molecule has 0 aliphatic rings. The number of carbonyl (C=O) groups is 1. The van der Waals surface area contributed by atoms with E-state index in [0.29, 0.717) is 5.56 Å². The van der Waals surface area contributed by atoms with E-state index in [1.807, 2.05) is 0 Å². The summed E-state index contributed by atoms with van der Waals surface area (Å²) in [5.74, 6) is -0.306. The zero-order chi connectivity index (χ0) is 22.4. The van der Waals surface area contributed by atoms with Gasteiger partial charge in [0.1, 0.15) is 5.15 Å². The fourth-order valence-electron chi connectivity index (χ4n) is 2.41. The molecular weight excluding hydrogens is 382 g/mol. The Kier molecular flexibility index (Phi) is 5.14. The van der Waals surface area contributed by atoms with Crippen molar-refractivity contribution in [2.45, 2.75) is 6.92 Å². The van der Waals surface area contributed by atoms with Crippen LogP contribution in [0.1, 0.15) is 21.4 Å². The first-order chi connectivity index (χ1) is 14.8. The van der Waals surface area contributed by atoms with Crippen LogP contribution in [-0.2, 0) is 4.84 Å². The second kappa shape index (κ2) is 9.12. The number of carbonyl (C=O) groups excluding carboxylic acids is 1. The Hall–Kier alpha value is -3.23. The van der Waals surface area contributed by atoms with Crippen molar-refractivity contribution in [2.75, 3.05) is 19.0 Å². The van der Waals surface area contributed by atoms with Gasteiger partial charge in [-0.25, -0.2) is 20.4 Å². The number of anilines is 2. The topological polar surface area (TPSA) is 98.3 Å². The average molecular weight is 403 g/mol. The van der Waals surface area contributed by atoms with E-state index in [9.17, 15) is 4.79 Å². The van der Waals surface area contributed by atoms with Crippen molar-refractivity contribution in [1.82, 2.24) is 20.4 Å². The highest BCUT2D eigenvalue weighted by atomic mass is 35.5. The molecule has 0 saturated heterocycles. The minimum atomic E-state index is -2.74. The number of para-hydroxylation sites is 1. The van der Waals surface area contributed by atoms with Crippen LogP contribution in [0, 0.1) is 0 Å². The van der Waals surface area contributed by atoms with Crippen LogP contribution >= 0.6 is 11.6 Å². The van der Waals surface area contributed by atoms with E-state index in [0.717, 1.165) is 0 Å². The van der Waals surface area contributed by atoms with E-state index in [1.54, 1.807) is 31.2 Å². The molecule has 0 unspecified atom stereocenters. The number of methoxy groups -OCH3 is 1. The summed E-state index contributed by atoms with van der Waals surface area (Å²) in [7, 11) is -2.74. The molecule has 9 heteroatoms. The Bertz CT molecular complexity index is 1070. The maximum Gasteiger partial charge on any atom is 0.278 e. The molecule has 0 spiro atoms. The first-order valence-electron chi connectivity index (χ1n) is 9.72. The number of halogens is 1. The zero-order valence-corrected chi connectivity index (χ0v) is 15.5. The molecule has 0 saturated carbocycles. The van der Waals surface area contributed by atoms with Crippen molar-refractivity contribution >= 4 is 28.9 Å². The number of nitrogens with one attached hydrogen (secondary N) is 2. The number of rotatable bonds is 7. The molecule has 1 amide bonds. The van der Waals surface area contributed by atoms with Gasteiger partial charge in [-0.1, -0.05) is 17.7 Å². The normalized spacial score (nSPS) is 12.4. The standard InChI is InChI=1S/C19H18ClN5O3/c1-3-28-25-19(26)13-11-23-16(20)10-15(13)24-14-7-4-6-12(17(14)27-2)18-21-8-5-9-22-18/h4-11H,3H2,1-2H3,(H,23,24)(H,25,26)/i2D3.